The third-order valence-corrected chi connectivity index (χ3v) is 2.21. The van der Waals surface area contributed by atoms with E-state index in [9.17, 15) is 0 Å². The van der Waals surface area contributed by atoms with E-state index in [4.69, 9.17) is 5.73 Å². The van der Waals surface area contributed by atoms with Crippen LogP contribution in [0, 0.1) is 0 Å². The highest BCUT2D eigenvalue weighted by Gasteiger charge is 2.06. The Kier molecular flexibility index (Phi) is 4.14. The smallest absolute Gasteiger partial charge is 0.0548 e. The van der Waals surface area contributed by atoms with Gasteiger partial charge in [-0.25, -0.2) is 0 Å². The van der Waals surface area contributed by atoms with E-state index in [0.29, 0.717) is 0 Å². The number of hydrogen-bond donors (Lipinski definition) is 1. The molecule has 1 aromatic rings. The maximum absolute atomic E-state index is 6.12. The first-order chi connectivity index (χ1) is 6.79. The Morgan fingerprint density at radius 1 is 1.21 bits per heavy atom. The highest BCUT2D eigenvalue weighted by molar-refractivity contribution is 5.33. The van der Waals surface area contributed by atoms with Crippen LogP contribution in [0.3, 0.4) is 0 Å². The van der Waals surface area contributed by atoms with Gasteiger partial charge < -0.3 is 5.73 Å². The highest BCUT2D eigenvalue weighted by Crippen LogP contribution is 2.19. The lowest BCUT2D eigenvalue weighted by Gasteiger charge is -2.12. The summed E-state index contributed by atoms with van der Waals surface area (Å²) in [5, 5.41) is 0. The monoisotopic (exact) mass is 187 g/mol. The second-order valence-electron chi connectivity index (χ2n) is 3.18. The van der Waals surface area contributed by atoms with Gasteiger partial charge in [-0.15, -0.1) is 0 Å². The van der Waals surface area contributed by atoms with Gasteiger partial charge in [-0.05, 0) is 25.0 Å². The summed E-state index contributed by atoms with van der Waals surface area (Å²) in [7, 11) is 0. The maximum atomic E-state index is 6.12. The fourth-order valence-electron chi connectivity index (χ4n) is 1.42. The molecule has 1 aromatic carbocycles. The average Bonchev–Trinajstić information content (AvgIpc) is 2.26. The second kappa shape index (κ2) is 5.40. The summed E-state index contributed by atoms with van der Waals surface area (Å²) in [6.07, 6.45) is 6.12. The van der Waals surface area contributed by atoms with Crippen molar-refractivity contribution in [3.05, 3.63) is 59.7 Å². The molecule has 2 N–H and O–H groups in total. The van der Waals surface area contributed by atoms with E-state index in [1.165, 1.54) is 0 Å². The van der Waals surface area contributed by atoms with E-state index in [1.807, 2.05) is 38.1 Å². The van der Waals surface area contributed by atoms with Gasteiger partial charge in [0.2, 0.25) is 0 Å². The standard InChI is InChI=1S/C13H17N/c1-3-8-11(4-2)13(14)12-9-6-5-7-10-12/h3-10,13H,14H2,1-2H3/b8-3-,11-4+. The molecule has 0 spiro atoms. The molecule has 0 aliphatic heterocycles. The van der Waals surface area contributed by atoms with Gasteiger partial charge >= 0.3 is 0 Å². The van der Waals surface area contributed by atoms with Crippen molar-refractivity contribution in [2.24, 2.45) is 5.73 Å². The van der Waals surface area contributed by atoms with Crippen molar-refractivity contribution < 1.29 is 0 Å². The van der Waals surface area contributed by atoms with Crippen LogP contribution in [-0.4, -0.2) is 0 Å². The highest BCUT2D eigenvalue weighted by atomic mass is 14.6. The molecule has 74 valence electrons. The van der Waals surface area contributed by atoms with Crippen LogP contribution < -0.4 is 5.73 Å². The Balaban J connectivity index is 2.89. The Morgan fingerprint density at radius 2 is 1.86 bits per heavy atom. The predicted octanol–water partition coefficient (Wildman–Crippen LogP) is 3.21. The van der Waals surface area contributed by atoms with E-state index in [-0.39, 0.29) is 6.04 Å². The molecule has 0 aromatic heterocycles. The fraction of sp³-hybridized carbons (Fsp3) is 0.231. The van der Waals surface area contributed by atoms with Crippen molar-refractivity contribution in [1.82, 2.24) is 0 Å². The summed E-state index contributed by atoms with van der Waals surface area (Å²) in [6, 6.07) is 10.1. The van der Waals surface area contributed by atoms with E-state index in [0.717, 1.165) is 11.1 Å². The molecule has 0 saturated heterocycles. The molecule has 0 heterocycles. The lowest BCUT2D eigenvalue weighted by Crippen LogP contribution is -2.11. The van der Waals surface area contributed by atoms with Crippen LogP contribution in [0.25, 0.3) is 0 Å². The Labute approximate surface area is 85.9 Å². The van der Waals surface area contributed by atoms with E-state index in [1.54, 1.807) is 0 Å². The number of benzene rings is 1. The molecule has 1 rings (SSSR count). The third-order valence-electron chi connectivity index (χ3n) is 2.21. The lowest BCUT2D eigenvalue weighted by molar-refractivity contribution is 0.867. The fourth-order valence-corrected chi connectivity index (χ4v) is 1.42. The van der Waals surface area contributed by atoms with E-state index in [2.05, 4.69) is 24.3 Å². The number of hydrogen-bond acceptors (Lipinski definition) is 1. The van der Waals surface area contributed by atoms with E-state index >= 15 is 0 Å². The van der Waals surface area contributed by atoms with Crippen molar-refractivity contribution >= 4 is 0 Å². The molecule has 14 heavy (non-hydrogen) atoms. The second-order valence-corrected chi connectivity index (χ2v) is 3.18. The molecule has 1 nitrogen and oxygen atoms in total. The molecule has 0 amide bonds. The Morgan fingerprint density at radius 3 is 2.36 bits per heavy atom. The van der Waals surface area contributed by atoms with Gasteiger partial charge in [0.1, 0.15) is 0 Å². The molecular weight excluding hydrogens is 170 g/mol. The van der Waals surface area contributed by atoms with Crippen LogP contribution in [0.2, 0.25) is 0 Å². The maximum Gasteiger partial charge on any atom is 0.0548 e. The molecule has 0 fully saturated rings. The number of allylic oxidation sites excluding steroid dienone is 2. The van der Waals surface area contributed by atoms with Gasteiger partial charge in [0.15, 0.2) is 0 Å². The Bertz CT molecular complexity index is 322. The summed E-state index contributed by atoms with van der Waals surface area (Å²) in [4.78, 5) is 0. The summed E-state index contributed by atoms with van der Waals surface area (Å²) in [6.45, 7) is 4.01. The Hall–Kier alpha value is -1.34. The largest absolute Gasteiger partial charge is 0.320 e. The van der Waals surface area contributed by atoms with Gasteiger partial charge in [0.05, 0.1) is 6.04 Å². The molecule has 0 saturated carbocycles. The zero-order valence-electron chi connectivity index (χ0n) is 8.77. The van der Waals surface area contributed by atoms with Crippen molar-refractivity contribution in [2.45, 2.75) is 19.9 Å². The quantitative estimate of drug-likeness (QED) is 0.722. The van der Waals surface area contributed by atoms with Crippen LogP contribution in [0.5, 0.6) is 0 Å². The zero-order valence-corrected chi connectivity index (χ0v) is 8.77. The van der Waals surface area contributed by atoms with Gasteiger partial charge in [-0.1, -0.05) is 48.6 Å². The minimum Gasteiger partial charge on any atom is -0.320 e. The average molecular weight is 187 g/mol. The van der Waals surface area contributed by atoms with Crippen LogP contribution >= 0.6 is 0 Å². The topological polar surface area (TPSA) is 26.0 Å². The van der Waals surface area contributed by atoms with Gasteiger partial charge in [0.25, 0.3) is 0 Å². The van der Waals surface area contributed by atoms with Crippen LogP contribution in [0.4, 0.5) is 0 Å². The molecule has 0 bridgehead atoms. The molecule has 0 radical (unpaired) electrons. The number of nitrogens with two attached hydrogens (primary N) is 1. The molecular formula is C13H17N. The van der Waals surface area contributed by atoms with Crippen molar-refractivity contribution in [1.29, 1.82) is 0 Å². The van der Waals surface area contributed by atoms with E-state index < -0.39 is 0 Å². The summed E-state index contributed by atoms with van der Waals surface area (Å²) >= 11 is 0. The first-order valence-corrected chi connectivity index (χ1v) is 4.89. The molecule has 1 heteroatoms. The molecule has 1 atom stereocenters. The molecule has 0 aliphatic rings. The third kappa shape index (κ3) is 2.57. The SMILES string of the molecule is C/C=C\C(=C/C)C(N)c1ccccc1. The van der Waals surface area contributed by atoms with Crippen LogP contribution in [0.1, 0.15) is 25.5 Å². The minimum atomic E-state index is -0.0163. The normalized spacial score (nSPS) is 14.6. The molecule has 0 aliphatic carbocycles. The van der Waals surface area contributed by atoms with Gasteiger partial charge in [0, 0.05) is 0 Å². The zero-order chi connectivity index (χ0) is 10.4. The summed E-state index contributed by atoms with van der Waals surface area (Å²) in [5.74, 6) is 0. The molecule has 1 unspecified atom stereocenters. The van der Waals surface area contributed by atoms with Crippen LogP contribution in [0.15, 0.2) is 54.1 Å². The van der Waals surface area contributed by atoms with Crippen molar-refractivity contribution in [3.63, 3.8) is 0 Å². The first-order valence-electron chi connectivity index (χ1n) is 4.89. The minimum absolute atomic E-state index is 0.0163. The van der Waals surface area contributed by atoms with Crippen molar-refractivity contribution in [3.8, 4) is 0 Å². The first kappa shape index (κ1) is 10.7. The van der Waals surface area contributed by atoms with Crippen molar-refractivity contribution in [2.75, 3.05) is 0 Å². The van der Waals surface area contributed by atoms with Crippen LogP contribution in [-0.2, 0) is 0 Å². The predicted molar refractivity (Wildman–Crippen MR) is 61.9 cm³/mol. The lowest BCUT2D eigenvalue weighted by atomic mass is 9.99. The summed E-state index contributed by atoms with van der Waals surface area (Å²) in [5.41, 5.74) is 8.42. The number of rotatable bonds is 3. The van der Waals surface area contributed by atoms with Gasteiger partial charge in [-0.3, -0.25) is 0 Å². The summed E-state index contributed by atoms with van der Waals surface area (Å²) < 4.78 is 0. The van der Waals surface area contributed by atoms with Gasteiger partial charge in [-0.2, -0.15) is 0 Å².